The first-order valence-corrected chi connectivity index (χ1v) is 13.1. The highest BCUT2D eigenvalue weighted by atomic mass is 32.2. The molecule has 0 atom stereocenters. The summed E-state index contributed by atoms with van der Waals surface area (Å²) in [6, 6.07) is 21.2. The highest BCUT2D eigenvalue weighted by molar-refractivity contribution is 7.93. The molecular formula is C28H25N5O3S. The SMILES string of the molecule is Cc1cccc(N(CC(=O)Nc2ccc(-n3ccnc3)cc2)S(=O)(=O)c2cccc3cccnc23)c1C. The first-order valence-electron chi connectivity index (χ1n) is 11.7. The first kappa shape index (κ1) is 24.2. The van der Waals surface area contributed by atoms with E-state index in [1.807, 2.05) is 54.9 Å². The second-order valence-electron chi connectivity index (χ2n) is 8.63. The van der Waals surface area contributed by atoms with E-state index < -0.39 is 22.5 Å². The number of carbonyl (C=O) groups is 1. The van der Waals surface area contributed by atoms with Gasteiger partial charge in [-0.2, -0.15) is 0 Å². The lowest BCUT2D eigenvalue weighted by Gasteiger charge is -2.26. The maximum atomic E-state index is 14.1. The standard InChI is InChI=1S/C28H25N5O3S/c1-20-6-3-9-25(21(20)2)33(37(35,36)26-10-4-7-22-8-5-15-30-28(22)26)18-27(34)31-23-11-13-24(14-12-23)32-17-16-29-19-32/h3-17,19H,18H2,1-2H3,(H,31,34). The summed E-state index contributed by atoms with van der Waals surface area (Å²) in [5, 5.41) is 3.52. The van der Waals surface area contributed by atoms with E-state index >= 15 is 0 Å². The number of sulfonamides is 1. The number of rotatable bonds is 7. The van der Waals surface area contributed by atoms with Gasteiger partial charge in [0.05, 0.1) is 17.5 Å². The zero-order valence-electron chi connectivity index (χ0n) is 20.4. The number of aromatic nitrogens is 3. The molecule has 3 aromatic carbocycles. The monoisotopic (exact) mass is 511 g/mol. The second kappa shape index (κ2) is 9.87. The average Bonchev–Trinajstić information content (AvgIpc) is 3.44. The maximum absolute atomic E-state index is 14.1. The van der Waals surface area contributed by atoms with Gasteiger partial charge < -0.3 is 9.88 Å². The number of benzene rings is 3. The minimum atomic E-state index is -4.14. The van der Waals surface area contributed by atoms with E-state index in [1.165, 1.54) is 6.07 Å². The van der Waals surface area contributed by atoms with Crippen LogP contribution in [0.15, 0.2) is 103 Å². The number of hydrogen-bond donors (Lipinski definition) is 1. The summed E-state index contributed by atoms with van der Waals surface area (Å²) in [4.78, 5) is 21.6. The van der Waals surface area contributed by atoms with Crippen LogP contribution in [0.1, 0.15) is 11.1 Å². The highest BCUT2D eigenvalue weighted by Crippen LogP contribution is 2.31. The molecule has 0 unspecified atom stereocenters. The lowest BCUT2D eigenvalue weighted by Crippen LogP contribution is -2.38. The lowest BCUT2D eigenvalue weighted by atomic mass is 10.1. The normalized spacial score (nSPS) is 11.4. The number of carbonyl (C=O) groups excluding carboxylic acids is 1. The summed E-state index contributed by atoms with van der Waals surface area (Å²) in [6.07, 6.45) is 6.75. The van der Waals surface area contributed by atoms with Crippen LogP contribution in [0, 0.1) is 13.8 Å². The Morgan fingerprint density at radius 3 is 2.46 bits per heavy atom. The van der Waals surface area contributed by atoms with Crippen LogP contribution in [-0.2, 0) is 14.8 Å². The van der Waals surface area contributed by atoms with E-state index in [9.17, 15) is 13.2 Å². The molecule has 37 heavy (non-hydrogen) atoms. The summed E-state index contributed by atoms with van der Waals surface area (Å²) in [5.41, 5.74) is 3.94. The van der Waals surface area contributed by atoms with E-state index in [1.54, 1.807) is 55.1 Å². The minimum Gasteiger partial charge on any atom is -0.325 e. The predicted octanol–water partition coefficient (Wildman–Crippen LogP) is 4.87. The molecule has 0 aliphatic heterocycles. The molecule has 1 amide bonds. The van der Waals surface area contributed by atoms with Gasteiger partial charge in [-0.05, 0) is 67.4 Å². The molecule has 0 saturated carbocycles. The second-order valence-corrected chi connectivity index (χ2v) is 10.5. The van der Waals surface area contributed by atoms with Gasteiger partial charge in [0.2, 0.25) is 5.91 Å². The predicted molar refractivity (Wildman–Crippen MR) is 144 cm³/mol. The third-order valence-corrected chi connectivity index (χ3v) is 8.04. The molecule has 0 bridgehead atoms. The van der Waals surface area contributed by atoms with Gasteiger partial charge in [0.15, 0.2) is 0 Å². The van der Waals surface area contributed by atoms with Crippen LogP contribution in [-0.4, -0.2) is 35.4 Å². The molecular weight excluding hydrogens is 486 g/mol. The summed E-state index contributed by atoms with van der Waals surface area (Å²) in [7, 11) is -4.14. The third kappa shape index (κ3) is 4.81. The molecule has 9 heteroatoms. The number of para-hydroxylation sites is 1. The number of amides is 1. The zero-order chi connectivity index (χ0) is 26.0. The van der Waals surface area contributed by atoms with Crippen LogP contribution in [0.3, 0.4) is 0 Å². The number of fused-ring (bicyclic) bond motifs is 1. The highest BCUT2D eigenvalue weighted by Gasteiger charge is 2.30. The van der Waals surface area contributed by atoms with E-state index in [0.717, 1.165) is 21.1 Å². The van der Waals surface area contributed by atoms with Crippen molar-refractivity contribution in [1.82, 2.24) is 14.5 Å². The molecule has 0 saturated heterocycles. The quantitative estimate of drug-likeness (QED) is 0.336. The van der Waals surface area contributed by atoms with Gasteiger partial charge >= 0.3 is 0 Å². The fourth-order valence-corrected chi connectivity index (χ4v) is 5.82. The Morgan fingerprint density at radius 2 is 1.70 bits per heavy atom. The fraction of sp³-hybridized carbons (Fsp3) is 0.107. The Bertz CT molecular complexity index is 1680. The van der Waals surface area contributed by atoms with E-state index in [2.05, 4.69) is 15.3 Å². The van der Waals surface area contributed by atoms with Gasteiger partial charge in [-0.1, -0.05) is 30.3 Å². The molecule has 186 valence electrons. The number of pyridine rings is 1. The summed E-state index contributed by atoms with van der Waals surface area (Å²) in [5.74, 6) is -0.465. The molecule has 2 heterocycles. The number of hydrogen-bond acceptors (Lipinski definition) is 5. The van der Waals surface area contributed by atoms with Crippen LogP contribution >= 0.6 is 0 Å². The molecule has 0 aliphatic carbocycles. The van der Waals surface area contributed by atoms with Crippen LogP contribution in [0.25, 0.3) is 16.6 Å². The molecule has 0 aliphatic rings. The van der Waals surface area contributed by atoms with Crippen molar-refractivity contribution in [2.75, 3.05) is 16.2 Å². The number of nitrogens with zero attached hydrogens (tertiary/aromatic N) is 4. The molecule has 8 nitrogen and oxygen atoms in total. The number of aryl methyl sites for hydroxylation is 1. The molecule has 1 N–H and O–H groups in total. The third-order valence-electron chi connectivity index (χ3n) is 6.25. The van der Waals surface area contributed by atoms with Gasteiger partial charge in [0, 0.05) is 35.4 Å². The van der Waals surface area contributed by atoms with Crippen molar-refractivity contribution in [3.63, 3.8) is 0 Å². The van der Waals surface area contributed by atoms with Gasteiger partial charge in [-0.25, -0.2) is 13.4 Å². The lowest BCUT2D eigenvalue weighted by molar-refractivity contribution is -0.114. The molecule has 2 aromatic heterocycles. The zero-order valence-corrected chi connectivity index (χ0v) is 21.2. The van der Waals surface area contributed by atoms with Crippen molar-refractivity contribution < 1.29 is 13.2 Å². The number of nitrogens with one attached hydrogen (secondary N) is 1. The van der Waals surface area contributed by atoms with Crippen molar-refractivity contribution >= 4 is 38.2 Å². The Kier molecular flexibility index (Phi) is 6.45. The van der Waals surface area contributed by atoms with E-state index in [4.69, 9.17) is 0 Å². The van der Waals surface area contributed by atoms with Crippen LogP contribution in [0.2, 0.25) is 0 Å². The molecule has 0 spiro atoms. The molecule has 5 rings (SSSR count). The van der Waals surface area contributed by atoms with Gasteiger partial charge in [-0.15, -0.1) is 0 Å². The smallest absolute Gasteiger partial charge is 0.266 e. The van der Waals surface area contributed by atoms with Crippen LogP contribution in [0.5, 0.6) is 0 Å². The topological polar surface area (TPSA) is 97.2 Å². The molecule has 5 aromatic rings. The molecule has 0 radical (unpaired) electrons. The van der Waals surface area contributed by atoms with E-state index in [-0.39, 0.29) is 4.90 Å². The maximum Gasteiger partial charge on any atom is 0.266 e. The first-order chi connectivity index (χ1) is 17.8. The average molecular weight is 512 g/mol. The van der Waals surface area contributed by atoms with Crippen LogP contribution < -0.4 is 9.62 Å². The van der Waals surface area contributed by atoms with E-state index in [0.29, 0.717) is 22.3 Å². The summed E-state index contributed by atoms with van der Waals surface area (Å²) in [6.45, 7) is 3.35. The Labute approximate surface area is 215 Å². The summed E-state index contributed by atoms with van der Waals surface area (Å²) >= 11 is 0. The van der Waals surface area contributed by atoms with Crippen LogP contribution in [0.4, 0.5) is 11.4 Å². The Balaban J connectivity index is 1.49. The van der Waals surface area contributed by atoms with Crippen molar-refractivity contribution in [3.05, 3.63) is 109 Å². The molecule has 0 fully saturated rings. The summed E-state index contributed by atoms with van der Waals surface area (Å²) < 4.78 is 31.1. The largest absolute Gasteiger partial charge is 0.325 e. The fourth-order valence-electron chi connectivity index (χ4n) is 4.17. The van der Waals surface area contributed by atoms with Gasteiger partial charge in [-0.3, -0.25) is 14.1 Å². The van der Waals surface area contributed by atoms with Crippen molar-refractivity contribution in [1.29, 1.82) is 0 Å². The van der Waals surface area contributed by atoms with Gasteiger partial charge in [0.25, 0.3) is 10.0 Å². The van der Waals surface area contributed by atoms with Crippen molar-refractivity contribution in [2.24, 2.45) is 0 Å². The minimum absolute atomic E-state index is 0.0454. The number of anilines is 2. The van der Waals surface area contributed by atoms with Gasteiger partial charge in [0.1, 0.15) is 11.4 Å². The van der Waals surface area contributed by atoms with Crippen molar-refractivity contribution in [2.45, 2.75) is 18.7 Å². The Hall–Kier alpha value is -4.50. The van der Waals surface area contributed by atoms with Crippen molar-refractivity contribution in [3.8, 4) is 5.69 Å². The Morgan fingerprint density at radius 1 is 0.946 bits per heavy atom. The number of imidazole rings is 1.